The maximum atomic E-state index is 11.4. The van der Waals surface area contributed by atoms with Crippen molar-refractivity contribution in [1.82, 2.24) is 5.32 Å². The molecule has 17 heavy (non-hydrogen) atoms. The highest BCUT2D eigenvalue weighted by Gasteiger charge is 2.12. The molecule has 0 saturated heterocycles. The fraction of sp³-hybridized carbons (Fsp3) is 0.273. The number of esters is 1. The molecule has 1 aromatic rings. The summed E-state index contributed by atoms with van der Waals surface area (Å²) >= 11 is 0. The van der Waals surface area contributed by atoms with E-state index in [1.807, 2.05) is 0 Å². The molecule has 6 heteroatoms. The number of carbonyl (C=O) groups excluding carboxylic acids is 2. The van der Waals surface area contributed by atoms with E-state index in [1.54, 1.807) is 6.92 Å². The highest BCUT2D eigenvalue weighted by molar-refractivity contribution is 5.75. The number of benzene rings is 1. The van der Waals surface area contributed by atoms with Crippen LogP contribution < -0.4 is 15.8 Å². The molecule has 4 N–H and O–H groups in total. The summed E-state index contributed by atoms with van der Waals surface area (Å²) in [6.45, 7) is 1.64. The molecule has 0 aliphatic rings. The van der Waals surface area contributed by atoms with E-state index >= 15 is 0 Å². The highest BCUT2D eigenvalue weighted by atomic mass is 16.5. The van der Waals surface area contributed by atoms with Gasteiger partial charge < -0.3 is 20.9 Å². The normalized spacial score (nSPS) is 11.6. The van der Waals surface area contributed by atoms with E-state index < -0.39 is 18.0 Å². The van der Waals surface area contributed by atoms with Gasteiger partial charge in [0, 0.05) is 6.04 Å². The molecule has 0 bridgehead atoms. The van der Waals surface area contributed by atoms with Crippen LogP contribution in [0.4, 0.5) is 4.79 Å². The van der Waals surface area contributed by atoms with Crippen molar-refractivity contribution in [2.45, 2.75) is 19.4 Å². The Hall–Kier alpha value is -2.24. The number of urea groups is 1. The number of phenolic OH excluding ortho intramolecular Hbond substituents is 1. The Bertz CT molecular complexity index is 402. The van der Waals surface area contributed by atoms with E-state index in [2.05, 4.69) is 5.32 Å². The number of rotatable bonds is 4. The molecule has 0 radical (unpaired) electrons. The Morgan fingerprint density at radius 2 is 2.00 bits per heavy atom. The molecule has 92 valence electrons. The van der Waals surface area contributed by atoms with Gasteiger partial charge in [-0.1, -0.05) is 0 Å². The molecule has 1 rings (SSSR count). The molecule has 1 unspecified atom stereocenters. The molecule has 2 amide bonds. The van der Waals surface area contributed by atoms with Crippen molar-refractivity contribution < 1.29 is 19.4 Å². The molecule has 0 aliphatic heterocycles. The predicted molar refractivity (Wildman–Crippen MR) is 60.5 cm³/mol. The summed E-state index contributed by atoms with van der Waals surface area (Å²) in [5, 5.41) is 11.4. The Morgan fingerprint density at radius 1 is 1.41 bits per heavy atom. The zero-order valence-electron chi connectivity index (χ0n) is 9.34. The maximum Gasteiger partial charge on any atom is 0.313 e. The van der Waals surface area contributed by atoms with Crippen LogP contribution in [0.2, 0.25) is 0 Å². The minimum atomic E-state index is -0.685. The maximum absolute atomic E-state index is 11.4. The van der Waals surface area contributed by atoms with Gasteiger partial charge in [0.25, 0.3) is 0 Å². The van der Waals surface area contributed by atoms with E-state index in [1.165, 1.54) is 24.3 Å². The number of hydrogen-bond donors (Lipinski definition) is 3. The zero-order valence-corrected chi connectivity index (χ0v) is 9.34. The van der Waals surface area contributed by atoms with Crippen molar-refractivity contribution in [3.8, 4) is 11.5 Å². The summed E-state index contributed by atoms with van der Waals surface area (Å²) in [4.78, 5) is 21.9. The standard InChI is InChI=1S/C11H14N2O4/c1-7(13-11(12)16)6-10(15)17-9-4-2-8(14)3-5-9/h2-5,7,14H,6H2,1H3,(H3,12,13,16). The summed E-state index contributed by atoms with van der Waals surface area (Å²) in [6, 6.07) is 4.69. The molecule has 0 aliphatic carbocycles. The number of nitrogens with one attached hydrogen (secondary N) is 1. The SMILES string of the molecule is CC(CC(=O)Oc1ccc(O)cc1)NC(N)=O. The summed E-state index contributed by atoms with van der Waals surface area (Å²) < 4.78 is 4.98. The summed E-state index contributed by atoms with van der Waals surface area (Å²) in [7, 11) is 0. The highest BCUT2D eigenvalue weighted by Crippen LogP contribution is 2.16. The smallest absolute Gasteiger partial charge is 0.313 e. The number of primary amides is 1. The van der Waals surface area contributed by atoms with Crippen LogP contribution in [0.5, 0.6) is 11.5 Å². The van der Waals surface area contributed by atoms with Crippen molar-refractivity contribution in [1.29, 1.82) is 0 Å². The zero-order chi connectivity index (χ0) is 12.8. The Kier molecular flexibility index (Phi) is 4.33. The van der Waals surface area contributed by atoms with E-state index in [9.17, 15) is 9.59 Å². The topological polar surface area (TPSA) is 102 Å². The third kappa shape index (κ3) is 4.87. The summed E-state index contributed by atoms with van der Waals surface area (Å²) in [5.41, 5.74) is 4.91. The van der Waals surface area contributed by atoms with Gasteiger partial charge in [0.05, 0.1) is 6.42 Å². The number of phenols is 1. The molecular weight excluding hydrogens is 224 g/mol. The second-order valence-electron chi connectivity index (χ2n) is 3.58. The Balaban J connectivity index is 2.44. The number of nitrogens with two attached hydrogens (primary N) is 1. The van der Waals surface area contributed by atoms with E-state index in [4.69, 9.17) is 15.6 Å². The summed E-state index contributed by atoms with van der Waals surface area (Å²) in [6.07, 6.45) is 0.0177. The van der Waals surface area contributed by atoms with Gasteiger partial charge in [-0.15, -0.1) is 0 Å². The average Bonchev–Trinajstić information content (AvgIpc) is 2.19. The minimum Gasteiger partial charge on any atom is -0.508 e. The largest absolute Gasteiger partial charge is 0.508 e. The lowest BCUT2D eigenvalue weighted by Crippen LogP contribution is -2.38. The van der Waals surface area contributed by atoms with Gasteiger partial charge in [-0.3, -0.25) is 4.79 Å². The molecule has 0 fully saturated rings. The van der Waals surface area contributed by atoms with E-state index in [-0.39, 0.29) is 12.2 Å². The first-order chi connectivity index (χ1) is 7.97. The number of amides is 2. The number of carbonyl (C=O) groups is 2. The van der Waals surface area contributed by atoms with Gasteiger partial charge in [-0.05, 0) is 31.2 Å². The van der Waals surface area contributed by atoms with Gasteiger partial charge in [-0.25, -0.2) is 4.79 Å². The molecule has 0 heterocycles. The van der Waals surface area contributed by atoms with Gasteiger partial charge >= 0.3 is 12.0 Å². The van der Waals surface area contributed by atoms with Crippen molar-refractivity contribution >= 4 is 12.0 Å². The van der Waals surface area contributed by atoms with Crippen molar-refractivity contribution in [3.05, 3.63) is 24.3 Å². The van der Waals surface area contributed by atoms with Crippen LogP contribution in [-0.4, -0.2) is 23.1 Å². The lowest BCUT2D eigenvalue weighted by atomic mass is 10.2. The Labute approximate surface area is 98.4 Å². The quantitative estimate of drug-likeness (QED) is 0.532. The molecule has 0 spiro atoms. The monoisotopic (exact) mass is 238 g/mol. The summed E-state index contributed by atoms with van der Waals surface area (Å²) in [5.74, 6) is -0.0652. The molecular formula is C11H14N2O4. The average molecular weight is 238 g/mol. The van der Waals surface area contributed by atoms with Crippen LogP contribution >= 0.6 is 0 Å². The fourth-order valence-corrected chi connectivity index (χ4v) is 1.23. The van der Waals surface area contributed by atoms with E-state index in [0.29, 0.717) is 5.75 Å². The second-order valence-corrected chi connectivity index (χ2v) is 3.58. The van der Waals surface area contributed by atoms with Crippen LogP contribution in [0.15, 0.2) is 24.3 Å². The first-order valence-electron chi connectivity index (χ1n) is 5.03. The van der Waals surface area contributed by atoms with Crippen molar-refractivity contribution in [2.24, 2.45) is 5.73 Å². The van der Waals surface area contributed by atoms with Crippen LogP contribution in [-0.2, 0) is 4.79 Å². The number of ether oxygens (including phenoxy) is 1. The molecule has 1 aromatic carbocycles. The lowest BCUT2D eigenvalue weighted by Gasteiger charge is -2.11. The van der Waals surface area contributed by atoms with Crippen LogP contribution in [0.25, 0.3) is 0 Å². The van der Waals surface area contributed by atoms with Gasteiger partial charge in [0.2, 0.25) is 0 Å². The number of aromatic hydroxyl groups is 1. The first kappa shape index (κ1) is 12.8. The molecule has 6 nitrogen and oxygen atoms in total. The predicted octanol–water partition coefficient (Wildman–Crippen LogP) is 0.744. The minimum absolute atomic E-state index is 0.0177. The third-order valence-corrected chi connectivity index (χ3v) is 1.93. The van der Waals surface area contributed by atoms with Crippen LogP contribution in [0.3, 0.4) is 0 Å². The van der Waals surface area contributed by atoms with Crippen molar-refractivity contribution in [3.63, 3.8) is 0 Å². The number of hydrogen-bond acceptors (Lipinski definition) is 4. The van der Waals surface area contributed by atoms with Crippen LogP contribution in [0.1, 0.15) is 13.3 Å². The lowest BCUT2D eigenvalue weighted by molar-refractivity contribution is -0.134. The van der Waals surface area contributed by atoms with Gasteiger partial charge in [0.15, 0.2) is 0 Å². The van der Waals surface area contributed by atoms with Crippen LogP contribution in [0, 0.1) is 0 Å². The van der Waals surface area contributed by atoms with Gasteiger partial charge in [-0.2, -0.15) is 0 Å². The van der Waals surface area contributed by atoms with E-state index in [0.717, 1.165) is 0 Å². The molecule has 0 saturated carbocycles. The first-order valence-corrected chi connectivity index (χ1v) is 5.03. The Morgan fingerprint density at radius 3 is 2.53 bits per heavy atom. The second kappa shape index (κ2) is 5.74. The fourth-order valence-electron chi connectivity index (χ4n) is 1.23. The molecule has 0 aromatic heterocycles. The molecule has 1 atom stereocenters. The van der Waals surface area contributed by atoms with Crippen molar-refractivity contribution in [2.75, 3.05) is 0 Å². The van der Waals surface area contributed by atoms with Gasteiger partial charge in [0.1, 0.15) is 11.5 Å². The third-order valence-electron chi connectivity index (χ3n) is 1.93.